The van der Waals surface area contributed by atoms with E-state index in [2.05, 4.69) is 159 Å². The zero-order valence-corrected chi connectivity index (χ0v) is 35.7. The Labute approximate surface area is 375 Å². The monoisotopic (exact) mass is 833 g/mol. The quantitative estimate of drug-likeness (QED) is 0.167. The summed E-state index contributed by atoms with van der Waals surface area (Å²) in [5.41, 5.74) is 17.9. The molecule has 0 radical (unpaired) electrons. The first-order valence-electron chi connectivity index (χ1n) is 22.1. The molecule has 0 aliphatic heterocycles. The van der Waals surface area contributed by atoms with Gasteiger partial charge in [-0.25, -0.2) is 15.0 Å². The number of fused-ring (bicyclic) bond motifs is 9. The van der Waals surface area contributed by atoms with Gasteiger partial charge >= 0.3 is 0 Å². The van der Waals surface area contributed by atoms with Gasteiger partial charge in [0.25, 0.3) is 0 Å². The molecule has 306 valence electrons. The van der Waals surface area contributed by atoms with E-state index in [-0.39, 0.29) is 5.41 Å². The Hall–Kier alpha value is -8.41. The van der Waals surface area contributed by atoms with Crippen LogP contribution in [-0.4, -0.2) is 15.0 Å². The highest BCUT2D eigenvalue weighted by atomic mass is 16.3. The van der Waals surface area contributed by atoms with Crippen LogP contribution in [0.1, 0.15) is 25.0 Å². The molecule has 0 unspecified atom stereocenters. The maximum absolute atomic E-state index is 6.62. The second kappa shape index (κ2) is 14.3. The summed E-state index contributed by atoms with van der Waals surface area (Å²) in [6.45, 7) is 4.67. The van der Waals surface area contributed by atoms with Crippen molar-refractivity contribution >= 4 is 43.9 Å². The van der Waals surface area contributed by atoms with Crippen LogP contribution in [-0.2, 0) is 5.41 Å². The van der Waals surface area contributed by atoms with Crippen molar-refractivity contribution in [3.8, 4) is 78.7 Å². The predicted octanol–water partition coefficient (Wildman–Crippen LogP) is 16.0. The maximum Gasteiger partial charge on any atom is 0.164 e. The number of furan rings is 2. The summed E-state index contributed by atoms with van der Waals surface area (Å²) in [5, 5.41) is 3.92. The normalized spacial score (nSPS) is 12.9. The molecule has 3 heterocycles. The molecule has 0 saturated heterocycles. The molecule has 3 aromatic heterocycles. The lowest BCUT2D eigenvalue weighted by Crippen LogP contribution is -2.14. The molecule has 0 atom stereocenters. The van der Waals surface area contributed by atoms with Crippen molar-refractivity contribution < 1.29 is 8.83 Å². The first kappa shape index (κ1) is 37.2. The number of hydrogen-bond acceptors (Lipinski definition) is 5. The zero-order valence-electron chi connectivity index (χ0n) is 35.7. The lowest BCUT2D eigenvalue weighted by Gasteiger charge is -2.21. The average molecular weight is 834 g/mol. The molecule has 13 rings (SSSR count). The molecule has 12 aromatic rings. The van der Waals surface area contributed by atoms with Crippen LogP contribution in [0, 0.1) is 0 Å². The maximum atomic E-state index is 6.62. The summed E-state index contributed by atoms with van der Waals surface area (Å²) in [7, 11) is 0. The molecule has 9 aromatic carbocycles. The summed E-state index contributed by atoms with van der Waals surface area (Å²) in [5.74, 6) is 1.69. The van der Waals surface area contributed by atoms with Crippen LogP contribution >= 0.6 is 0 Å². The van der Waals surface area contributed by atoms with Crippen molar-refractivity contribution in [2.75, 3.05) is 0 Å². The summed E-state index contributed by atoms with van der Waals surface area (Å²) in [4.78, 5) is 16.0. The van der Waals surface area contributed by atoms with E-state index in [4.69, 9.17) is 23.8 Å². The van der Waals surface area contributed by atoms with E-state index in [1.54, 1.807) is 0 Å². The molecule has 0 N–H and O–H groups in total. The van der Waals surface area contributed by atoms with Crippen molar-refractivity contribution in [1.82, 2.24) is 15.0 Å². The number of nitrogens with zero attached hydrogens (tertiary/aromatic N) is 3. The average Bonchev–Trinajstić information content (AvgIpc) is 4.01. The van der Waals surface area contributed by atoms with Crippen LogP contribution < -0.4 is 0 Å². The highest BCUT2D eigenvalue weighted by molar-refractivity contribution is 6.14. The fraction of sp³-hybridized carbons (Fsp3) is 0.0500. The molecule has 5 heteroatoms. The van der Waals surface area contributed by atoms with E-state index < -0.39 is 0 Å². The van der Waals surface area contributed by atoms with Gasteiger partial charge in [0.15, 0.2) is 17.5 Å². The van der Waals surface area contributed by atoms with Gasteiger partial charge in [0, 0.05) is 43.7 Å². The second-order valence-corrected chi connectivity index (χ2v) is 17.5. The van der Waals surface area contributed by atoms with Crippen LogP contribution in [0.4, 0.5) is 0 Å². The van der Waals surface area contributed by atoms with Gasteiger partial charge < -0.3 is 8.83 Å². The number of para-hydroxylation sites is 1. The van der Waals surface area contributed by atoms with Crippen LogP contribution in [0.5, 0.6) is 0 Å². The van der Waals surface area contributed by atoms with E-state index in [0.29, 0.717) is 17.5 Å². The fourth-order valence-electron chi connectivity index (χ4n) is 10.3. The van der Waals surface area contributed by atoms with Crippen LogP contribution in [0.3, 0.4) is 0 Å². The van der Waals surface area contributed by atoms with Gasteiger partial charge in [-0.3, -0.25) is 0 Å². The Kier molecular flexibility index (Phi) is 8.18. The topological polar surface area (TPSA) is 65.0 Å². The third-order valence-electron chi connectivity index (χ3n) is 13.4. The van der Waals surface area contributed by atoms with Crippen molar-refractivity contribution in [2.45, 2.75) is 19.3 Å². The minimum absolute atomic E-state index is 0.0725. The molecule has 1 aliphatic rings. The van der Waals surface area contributed by atoms with Crippen molar-refractivity contribution in [1.29, 1.82) is 0 Å². The number of hydrogen-bond donors (Lipinski definition) is 0. The van der Waals surface area contributed by atoms with Gasteiger partial charge in [-0.15, -0.1) is 0 Å². The van der Waals surface area contributed by atoms with E-state index in [0.717, 1.165) is 82.8 Å². The van der Waals surface area contributed by atoms with E-state index in [1.165, 1.54) is 33.4 Å². The van der Waals surface area contributed by atoms with Crippen LogP contribution in [0.15, 0.2) is 209 Å². The molecule has 0 fully saturated rings. The summed E-state index contributed by atoms with van der Waals surface area (Å²) >= 11 is 0. The summed E-state index contributed by atoms with van der Waals surface area (Å²) in [6, 6.07) is 70.1. The van der Waals surface area contributed by atoms with Gasteiger partial charge in [0.2, 0.25) is 0 Å². The number of benzene rings is 9. The largest absolute Gasteiger partial charge is 0.456 e. The van der Waals surface area contributed by atoms with Gasteiger partial charge in [0.1, 0.15) is 22.3 Å². The lowest BCUT2D eigenvalue weighted by molar-refractivity contribution is 0.660. The van der Waals surface area contributed by atoms with Crippen LogP contribution in [0.2, 0.25) is 0 Å². The van der Waals surface area contributed by atoms with Gasteiger partial charge in [-0.05, 0) is 92.0 Å². The second-order valence-electron chi connectivity index (χ2n) is 17.5. The summed E-state index contributed by atoms with van der Waals surface area (Å²) in [6.07, 6.45) is 0. The Balaban J connectivity index is 1.00. The standard InChI is InChI=1S/C60H39N3O2/c1-60(2)48-27-10-8-22-43(48)54-41(24-13-28-49(54)60)39-19-12-18-37(34-39)38-32-33-51-47(35-38)56-46(26-15-31-53(56)65-51)59-62-57(42-21-7-6-20-40(42)36-16-4-3-5-17-36)61-58(63-59)45-25-14-30-52-55(45)44-23-9-11-29-50(44)64-52/h3-35H,1-2H3. The number of aromatic nitrogens is 3. The first-order chi connectivity index (χ1) is 32.0. The molecule has 0 amide bonds. The lowest BCUT2D eigenvalue weighted by atomic mass is 9.82. The Bertz CT molecular complexity index is 3880. The molecular weight excluding hydrogens is 795 g/mol. The van der Waals surface area contributed by atoms with Crippen molar-refractivity contribution in [3.05, 3.63) is 211 Å². The molecule has 5 nitrogen and oxygen atoms in total. The fourth-order valence-corrected chi connectivity index (χ4v) is 10.3. The molecule has 0 spiro atoms. The smallest absolute Gasteiger partial charge is 0.164 e. The molecule has 0 saturated carbocycles. The van der Waals surface area contributed by atoms with Crippen molar-refractivity contribution in [3.63, 3.8) is 0 Å². The Morgan fingerprint density at radius 1 is 0.323 bits per heavy atom. The Morgan fingerprint density at radius 2 is 0.815 bits per heavy atom. The third-order valence-corrected chi connectivity index (χ3v) is 13.4. The van der Waals surface area contributed by atoms with Crippen molar-refractivity contribution in [2.24, 2.45) is 0 Å². The van der Waals surface area contributed by atoms with Gasteiger partial charge in [0.05, 0.1) is 0 Å². The van der Waals surface area contributed by atoms with Crippen LogP contribution in [0.25, 0.3) is 123 Å². The SMILES string of the molecule is CC1(C)c2ccccc2-c2c(-c3cccc(-c4ccc5oc6cccc(-c7nc(-c8ccccc8-c8ccccc8)nc(-c8cccc9oc%10ccccc%10c89)n7)c6c5c4)c3)cccc21. The highest BCUT2D eigenvalue weighted by Gasteiger charge is 2.36. The molecule has 1 aliphatic carbocycles. The minimum Gasteiger partial charge on any atom is -0.456 e. The molecule has 0 bridgehead atoms. The Morgan fingerprint density at radius 3 is 1.58 bits per heavy atom. The first-order valence-corrected chi connectivity index (χ1v) is 22.1. The third kappa shape index (κ3) is 5.82. The predicted molar refractivity (Wildman–Crippen MR) is 265 cm³/mol. The van der Waals surface area contributed by atoms with E-state index >= 15 is 0 Å². The summed E-state index contributed by atoms with van der Waals surface area (Å²) < 4.78 is 13.0. The zero-order chi connectivity index (χ0) is 43.2. The highest BCUT2D eigenvalue weighted by Crippen LogP contribution is 2.52. The van der Waals surface area contributed by atoms with E-state index in [1.807, 2.05) is 54.6 Å². The van der Waals surface area contributed by atoms with E-state index in [9.17, 15) is 0 Å². The minimum atomic E-state index is -0.0725. The molecule has 65 heavy (non-hydrogen) atoms. The van der Waals surface area contributed by atoms with Gasteiger partial charge in [-0.1, -0.05) is 178 Å². The molecular formula is C60H39N3O2. The number of rotatable bonds is 6. The van der Waals surface area contributed by atoms with Gasteiger partial charge in [-0.2, -0.15) is 0 Å².